The molecule has 0 bridgehead atoms. The number of aliphatic hydroxyl groups is 1. The molecule has 1 N–H and O–H groups in total. The fourth-order valence-electron chi connectivity index (χ4n) is 0.976. The number of aliphatic carboxylic acids is 1. The lowest BCUT2D eigenvalue weighted by Gasteiger charge is -2.45. The zero-order chi connectivity index (χ0) is 9.99. The summed E-state index contributed by atoms with van der Waals surface area (Å²) >= 11 is 0. The van der Waals surface area contributed by atoms with Crippen LogP contribution in [0.25, 0.3) is 0 Å². The molecule has 1 atom stereocenters. The van der Waals surface area contributed by atoms with Crippen molar-refractivity contribution < 1.29 is 19.5 Å². The quantitative estimate of drug-likeness (QED) is 0.437. The molecular weight excluding hydrogens is 158 g/mol. The van der Waals surface area contributed by atoms with E-state index in [2.05, 4.69) is 0 Å². The second-order valence-corrected chi connectivity index (χ2v) is 3.74. The highest BCUT2D eigenvalue weighted by Crippen LogP contribution is 2.22. The predicted molar refractivity (Wildman–Crippen MR) is 42.9 cm³/mol. The van der Waals surface area contributed by atoms with Gasteiger partial charge < -0.3 is 15.0 Å². The normalized spacial score (nSPS) is 17.1. The van der Waals surface area contributed by atoms with E-state index in [1.807, 2.05) is 0 Å². The summed E-state index contributed by atoms with van der Waals surface area (Å²) in [6.07, 6.45) is 0.433. The Hall–Kier alpha value is -0.610. The Kier molecular flexibility index (Phi) is 3.24. The van der Waals surface area contributed by atoms with Gasteiger partial charge in [0.05, 0.1) is 14.1 Å². The number of hydrogen-bond acceptors (Lipinski definition) is 3. The molecule has 0 aromatic heterocycles. The lowest BCUT2D eigenvalue weighted by Crippen LogP contribution is -2.66. The van der Waals surface area contributed by atoms with Gasteiger partial charge in [-0.25, -0.2) is 0 Å². The van der Waals surface area contributed by atoms with Crippen LogP contribution in [0.5, 0.6) is 0 Å². The Morgan fingerprint density at radius 2 is 2.00 bits per heavy atom. The van der Waals surface area contributed by atoms with E-state index in [0.29, 0.717) is 6.42 Å². The van der Waals surface area contributed by atoms with Crippen molar-refractivity contribution in [2.24, 2.45) is 0 Å². The van der Waals surface area contributed by atoms with Crippen molar-refractivity contribution in [2.75, 3.05) is 20.8 Å². The molecule has 0 fully saturated rings. The zero-order valence-corrected chi connectivity index (χ0v) is 8.13. The molecule has 0 aliphatic heterocycles. The minimum atomic E-state index is -1.12. The molecule has 0 spiro atoms. The third-order valence-corrected chi connectivity index (χ3v) is 2.82. The molecule has 0 amide bonds. The lowest BCUT2D eigenvalue weighted by atomic mass is 9.95. The molecule has 0 aliphatic carbocycles. The minimum Gasteiger partial charge on any atom is -0.544 e. The van der Waals surface area contributed by atoms with Crippen LogP contribution in [0.4, 0.5) is 0 Å². The molecule has 0 aliphatic rings. The van der Waals surface area contributed by atoms with Crippen molar-refractivity contribution >= 4 is 5.97 Å². The summed E-state index contributed by atoms with van der Waals surface area (Å²) in [5.41, 5.74) is -1.02. The molecule has 4 nitrogen and oxygen atoms in total. The van der Waals surface area contributed by atoms with Crippen molar-refractivity contribution in [3.8, 4) is 0 Å². The summed E-state index contributed by atoms with van der Waals surface area (Å²) in [4.78, 5) is 10.8. The maximum Gasteiger partial charge on any atom is 0.180 e. The number of carbonyl (C=O) groups is 1. The second-order valence-electron chi connectivity index (χ2n) is 3.74. The smallest absolute Gasteiger partial charge is 0.180 e. The number of carboxylic acids is 1. The van der Waals surface area contributed by atoms with Gasteiger partial charge in [0.2, 0.25) is 0 Å². The highest BCUT2D eigenvalue weighted by Gasteiger charge is 2.40. The molecule has 0 rings (SSSR count). The SMILES string of the molecule is CCC(C)(C(=O)[O-])[N+](C)(C)CO. The van der Waals surface area contributed by atoms with Crippen LogP contribution in [0.15, 0.2) is 0 Å². The van der Waals surface area contributed by atoms with Crippen LogP contribution in [0.3, 0.4) is 0 Å². The number of hydrogen-bond donors (Lipinski definition) is 1. The van der Waals surface area contributed by atoms with E-state index in [1.165, 1.54) is 0 Å². The molecule has 0 aromatic carbocycles. The summed E-state index contributed by atoms with van der Waals surface area (Å²) in [6.45, 7) is 3.14. The number of quaternary nitrogens is 1. The standard InChI is InChI=1S/C8H17NO3/c1-5-8(2,7(11)12)9(3,4)6-10/h10H,5-6H2,1-4H3. The number of likely N-dealkylation sites (N-methyl/N-ethyl adjacent to an activating group) is 1. The van der Waals surface area contributed by atoms with Crippen molar-refractivity contribution in [1.29, 1.82) is 0 Å². The molecule has 0 aromatic rings. The fourth-order valence-corrected chi connectivity index (χ4v) is 0.976. The van der Waals surface area contributed by atoms with Gasteiger partial charge in [-0.2, -0.15) is 0 Å². The Morgan fingerprint density at radius 3 is 2.08 bits per heavy atom. The monoisotopic (exact) mass is 175 g/mol. The number of rotatable bonds is 4. The molecular formula is C8H17NO3. The Morgan fingerprint density at radius 1 is 1.58 bits per heavy atom. The van der Waals surface area contributed by atoms with Gasteiger partial charge in [0.15, 0.2) is 6.73 Å². The topological polar surface area (TPSA) is 60.4 Å². The van der Waals surface area contributed by atoms with Crippen molar-refractivity contribution in [1.82, 2.24) is 0 Å². The Labute approximate surface area is 73.0 Å². The molecule has 1 unspecified atom stereocenters. The summed E-state index contributed by atoms with van der Waals surface area (Å²) in [7, 11) is 3.33. The molecule has 0 saturated carbocycles. The van der Waals surface area contributed by atoms with Crippen molar-refractivity contribution in [3.05, 3.63) is 0 Å². The number of nitrogens with zero attached hydrogens (tertiary/aromatic N) is 1. The van der Waals surface area contributed by atoms with Crippen molar-refractivity contribution in [3.63, 3.8) is 0 Å². The fraction of sp³-hybridized carbons (Fsp3) is 0.875. The third-order valence-electron chi connectivity index (χ3n) is 2.82. The first-order valence-corrected chi connectivity index (χ1v) is 3.97. The molecule has 4 heteroatoms. The number of carbonyl (C=O) groups excluding carboxylic acids is 1. The first-order chi connectivity index (χ1) is 5.31. The second kappa shape index (κ2) is 3.41. The van der Waals surface area contributed by atoms with Gasteiger partial charge in [0, 0.05) is 6.42 Å². The van der Waals surface area contributed by atoms with E-state index >= 15 is 0 Å². The van der Waals surface area contributed by atoms with E-state index in [1.54, 1.807) is 27.9 Å². The third kappa shape index (κ3) is 1.59. The van der Waals surface area contributed by atoms with Gasteiger partial charge >= 0.3 is 0 Å². The van der Waals surface area contributed by atoms with Gasteiger partial charge in [-0.3, -0.25) is 4.48 Å². The molecule has 12 heavy (non-hydrogen) atoms. The average Bonchev–Trinajstić information content (AvgIpc) is 2.02. The summed E-state index contributed by atoms with van der Waals surface area (Å²) in [5, 5.41) is 19.8. The molecule has 72 valence electrons. The van der Waals surface area contributed by atoms with E-state index in [0.717, 1.165) is 0 Å². The summed E-state index contributed by atoms with van der Waals surface area (Å²) in [5.74, 6) is -1.12. The summed E-state index contributed by atoms with van der Waals surface area (Å²) < 4.78 is 0.0197. The first kappa shape index (κ1) is 11.4. The number of carboxylic acid groups (broad SMARTS) is 1. The van der Waals surface area contributed by atoms with Crippen LogP contribution >= 0.6 is 0 Å². The van der Waals surface area contributed by atoms with Gasteiger partial charge in [-0.15, -0.1) is 0 Å². The average molecular weight is 175 g/mol. The molecule has 0 radical (unpaired) electrons. The largest absolute Gasteiger partial charge is 0.544 e. The lowest BCUT2D eigenvalue weighted by molar-refractivity contribution is -0.949. The predicted octanol–water partition coefficient (Wildman–Crippen LogP) is -1.07. The van der Waals surface area contributed by atoms with Crippen LogP contribution in [-0.2, 0) is 4.79 Å². The molecule has 0 heterocycles. The maximum absolute atomic E-state index is 10.8. The Bertz CT molecular complexity index is 179. The van der Waals surface area contributed by atoms with Crippen LogP contribution in [0.1, 0.15) is 20.3 Å². The maximum atomic E-state index is 10.8. The van der Waals surface area contributed by atoms with Gasteiger partial charge in [0.1, 0.15) is 11.5 Å². The highest BCUT2D eigenvalue weighted by molar-refractivity contribution is 5.74. The number of aliphatic hydroxyl groups excluding tert-OH is 1. The van der Waals surface area contributed by atoms with Gasteiger partial charge in [-0.1, -0.05) is 6.92 Å². The van der Waals surface area contributed by atoms with E-state index in [4.69, 9.17) is 5.11 Å². The van der Waals surface area contributed by atoms with Crippen LogP contribution < -0.4 is 5.11 Å². The van der Waals surface area contributed by atoms with Crippen LogP contribution in [0.2, 0.25) is 0 Å². The van der Waals surface area contributed by atoms with Crippen LogP contribution in [-0.4, -0.2) is 41.9 Å². The van der Waals surface area contributed by atoms with E-state index in [-0.39, 0.29) is 11.2 Å². The summed E-state index contributed by atoms with van der Waals surface area (Å²) in [6, 6.07) is 0. The first-order valence-electron chi connectivity index (χ1n) is 3.97. The molecule has 0 saturated heterocycles. The van der Waals surface area contributed by atoms with E-state index in [9.17, 15) is 9.90 Å². The van der Waals surface area contributed by atoms with E-state index < -0.39 is 11.5 Å². The van der Waals surface area contributed by atoms with Crippen molar-refractivity contribution in [2.45, 2.75) is 25.8 Å². The van der Waals surface area contributed by atoms with Gasteiger partial charge in [-0.05, 0) is 6.92 Å². The van der Waals surface area contributed by atoms with Gasteiger partial charge in [0.25, 0.3) is 0 Å². The Balaban J connectivity index is 4.87. The van der Waals surface area contributed by atoms with Crippen LogP contribution in [0, 0.1) is 0 Å². The minimum absolute atomic E-state index is 0.0197. The highest BCUT2D eigenvalue weighted by atomic mass is 16.4. The zero-order valence-electron chi connectivity index (χ0n) is 8.13.